The highest BCUT2D eigenvalue weighted by Crippen LogP contribution is 2.40. The summed E-state index contributed by atoms with van der Waals surface area (Å²) < 4.78 is 5.81. The third kappa shape index (κ3) is 3.65. The molecule has 2 amide bonds. The molecule has 4 aliphatic heterocycles. The zero-order valence-corrected chi connectivity index (χ0v) is 17.3. The number of ether oxygens (including phenoxy) is 1. The van der Waals surface area contributed by atoms with Crippen LogP contribution in [0.3, 0.4) is 0 Å². The van der Waals surface area contributed by atoms with Crippen molar-refractivity contribution in [1.29, 1.82) is 0 Å². The minimum atomic E-state index is -0.221. The maximum absolute atomic E-state index is 12.6. The summed E-state index contributed by atoms with van der Waals surface area (Å²) in [5.74, 6) is 1.08. The highest BCUT2D eigenvalue weighted by atomic mass is 32.1. The SMILES string of the molecule is CC(=O)Nc1ccc(-c2ccc(N3C[C@@H](C4CN5CCC4CC5)OC3=O)s2)cc1. The summed E-state index contributed by atoms with van der Waals surface area (Å²) in [6, 6.07) is 11.8. The van der Waals surface area contributed by atoms with E-state index in [1.807, 2.05) is 36.4 Å². The van der Waals surface area contributed by atoms with Crippen molar-refractivity contribution in [2.24, 2.45) is 11.8 Å². The molecule has 5 heterocycles. The molecule has 152 valence electrons. The van der Waals surface area contributed by atoms with Crippen molar-refractivity contribution in [2.75, 3.05) is 36.4 Å². The molecule has 6 nitrogen and oxygen atoms in total. The number of thiophene rings is 1. The number of carbonyl (C=O) groups is 2. The van der Waals surface area contributed by atoms with Crippen LogP contribution in [0.4, 0.5) is 15.5 Å². The molecule has 4 saturated heterocycles. The predicted molar refractivity (Wildman–Crippen MR) is 114 cm³/mol. The topological polar surface area (TPSA) is 61.9 Å². The number of hydrogen-bond acceptors (Lipinski definition) is 5. The molecular weight excluding hydrogens is 386 g/mol. The van der Waals surface area contributed by atoms with Crippen LogP contribution in [0.5, 0.6) is 0 Å². The van der Waals surface area contributed by atoms with Gasteiger partial charge in [-0.25, -0.2) is 4.79 Å². The molecule has 2 atom stereocenters. The van der Waals surface area contributed by atoms with E-state index >= 15 is 0 Å². The van der Waals surface area contributed by atoms with Crippen LogP contribution in [0, 0.1) is 11.8 Å². The third-order valence-corrected chi connectivity index (χ3v) is 7.52. The standard InChI is InChI=1S/C22H25N3O3S/c1-14(26)23-17-4-2-16(3-5-17)20-6-7-21(29-20)25-13-19(28-22(25)27)18-12-24-10-8-15(18)9-11-24/h2-7,15,18-19H,8-13H2,1H3,(H,23,26)/t18?,19-/m0/s1. The van der Waals surface area contributed by atoms with Crippen LogP contribution >= 0.6 is 11.3 Å². The molecule has 7 heteroatoms. The van der Waals surface area contributed by atoms with E-state index in [1.54, 1.807) is 16.2 Å². The largest absolute Gasteiger partial charge is 0.444 e. The molecule has 2 bridgehead atoms. The van der Waals surface area contributed by atoms with Crippen molar-refractivity contribution >= 4 is 34.0 Å². The summed E-state index contributed by atoms with van der Waals surface area (Å²) in [7, 11) is 0. The second kappa shape index (κ2) is 7.46. The van der Waals surface area contributed by atoms with Gasteiger partial charge in [0.15, 0.2) is 0 Å². The second-order valence-corrected chi connectivity index (χ2v) is 9.29. The molecule has 4 aliphatic rings. The van der Waals surface area contributed by atoms with Gasteiger partial charge >= 0.3 is 6.09 Å². The van der Waals surface area contributed by atoms with E-state index in [1.165, 1.54) is 32.9 Å². The number of fused-ring (bicyclic) bond motifs is 3. The fourth-order valence-electron chi connectivity index (χ4n) is 4.87. The molecule has 6 rings (SSSR count). The first-order chi connectivity index (χ1) is 14.1. The summed E-state index contributed by atoms with van der Waals surface area (Å²) in [5, 5.41) is 3.71. The van der Waals surface area contributed by atoms with Gasteiger partial charge < -0.3 is 15.0 Å². The lowest BCUT2D eigenvalue weighted by Crippen LogP contribution is -2.52. The van der Waals surface area contributed by atoms with Gasteiger partial charge in [-0.15, -0.1) is 11.3 Å². The van der Waals surface area contributed by atoms with Crippen LogP contribution in [-0.4, -0.2) is 49.2 Å². The molecule has 0 spiro atoms. The molecule has 29 heavy (non-hydrogen) atoms. The lowest BCUT2D eigenvalue weighted by Gasteiger charge is -2.46. The Bertz CT molecular complexity index is 918. The first-order valence-corrected chi connectivity index (χ1v) is 11.1. The van der Waals surface area contributed by atoms with Crippen LogP contribution in [0.1, 0.15) is 19.8 Å². The van der Waals surface area contributed by atoms with Crippen LogP contribution in [0.25, 0.3) is 10.4 Å². The second-order valence-electron chi connectivity index (χ2n) is 8.23. The summed E-state index contributed by atoms with van der Waals surface area (Å²) in [5.41, 5.74) is 1.85. The van der Waals surface area contributed by atoms with E-state index in [0.29, 0.717) is 18.4 Å². The third-order valence-electron chi connectivity index (χ3n) is 6.37. The van der Waals surface area contributed by atoms with Crippen molar-refractivity contribution < 1.29 is 14.3 Å². The van der Waals surface area contributed by atoms with Gasteiger partial charge in [0.05, 0.1) is 6.54 Å². The monoisotopic (exact) mass is 411 g/mol. The molecule has 0 radical (unpaired) electrons. The number of anilines is 2. The van der Waals surface area contributed by atoms with E-state index in [4.69, 9.17) is 4.74 Å². The van der Waals surface area contributed by atoms with Crippen molar-refractivity contribution in [3.8, 4) is 10.4 Å². The molecule has 0 aliphatic carbocycles. The van der Waals surface area contributed by atoms with Crippen molar-refractivity contribution in [1.82, 2.24) is 4.90 Å². The molecule has 0 saturated carbocycles. The zero-order chi connectivity index (χ0) is 20.0. The van der Waals surface area contributed by atoms with Gasteiger partial charge in [0.25, 0.3) is 0 Å². The number of piperidine rings is 3. The lowest BCUT2D eigenvalue weighted by atomic mass is 9.76. The van der Waals surface area contributed by atoms with Crippen LogP contribution in [-0.2, 0) is 9.53 Å². The maximum Gasteiger partial charge on any atom is 0.415 e. The first-order valence-electron chi connectivity index (χ1n) is 10.3. The number of amides is 2. The summed E-state index contributed by atoms with van der Waals surface area (Å²) in [4.78, 5) is 29.1. The smallest absolute Gasteiger partial charge is 0.415 e. The molecule has 1 unspecified atom stereocenters. The fraction of sp³-hybridized carbons (Fsp3) is 0.455. The fourth-order valence-corrected chi connectivity index (χ4v) is 5.88. The Balaban J connectivity index is 1.29. The van der Waals surface area contributed by atoms with Gasteiger partial charge in [-0.1, -0.05) is 12.1 Å². The Morgan fingerprint density at radius 1 is 1.10 bits per heavy atom. The van der Waals surface area contributed by atoms with E-state index in [9.17, 15) is 9.59 Å². The van der Waals surface area contributed by atoms with Gasteiger partial charge in [-0.2, -0.15) is 0 Å². The normalized spacial score (nSPS) is 28.4. The molecule has 1 aromatic heterocycles. The Labute approximate surface area is 174 Å². The summed E-state index contributed by atoms with van der Waals surface area (Å²) >= 11 is 1.60. The van der Waals surface area contributed by atoms with Crippen LogP contribution < -0.4 is 10.2 Å². The molecule has 1 aromatic carbocycles. The highest BCUT2D eigenvalue weighted by Gasteiger charge is 2.45. The number of nitrogens with one attached hydrogen (secondary N) is 1. The number of benzene rings is 1. The Kier molecular flexibility index (Phi) is 4.80. The predicted octanol–water partition coefficient (Wildman–Crippen LogP) is 4.04. The molecule has 1 N–H and O–H groups in total. The maximum atomic E-state index is 12.6. The number of rotatable bonds is 4. The molecular formula is C22H25N3O3S. The van der Waals surface area contributed by atoms with E-state index in [0.717, 1.165) is 27.7 Å². The van der Waals surface area contributed by atoms with Gasteiger partial charge in [0, 0.05) is 30.0 Å². The first kappa shape index (κ1) is 18.6. The van der Waals surface area contributed by atoms with Crippen molar-refractivity contribution in [3.05, 3.63) is 36.4 Å². The average molecular weight is 412 g/mol. The number of nitrogens with zero attached hydrogens (tertiary/aromatic N) is 2. The van der Waals surface area contributed by atoms with Gasteiger partial charge in [-0.3, -0.25) is 9.69 Å². The Morgan fingerprint density at radius 2 is 1.86 bits per heavy atom. The average Bonchev–Trinajstić information content (AvgIpc) is 3.36. The van der Waals surface area contributed by atoms with Gasteiger partial charge in [0.2, 0.25) is 5.91 Å². The van der Waals surface area contributed by atoms with Crippen molar-refractivity contribution in [2.45, 2.75) is 25.9 Å². The number of carbonyl (C=O) groups excluding carboxylic acids is 2. The van der Waals surface area contributed by atoms with E-state index in [-0.39, 0.29) is 18.1 Å². The lowest BCUT2D eigenvalue weighted by molar-refractivity contribution is -0.114. The quantitative estimate of drug-likeness (QED) is 0.825. The summed E-state index contributed by atoms with van der Waals surface area (Å²) in [6.45, 7) is 5.60. The van der Waals surface area contributed by atoms with E-state index in [2.05, 4.69) is 10.2 Å². The van der Waals surface area contributed by atoms with Crippen molar-refractivity contribution in [3.63, 3.8) is 0 Å². The Hall–Kier alpha value is -2.38. The molecule has 4 fully saturated rings. The zero-order valence-electron chi connectivity index (χ0n) is 16.5. The number of cyclic esters (lactones) is 1. The van der Waals surface area contributed by atoms with Gasteiger partial charge in [-0.05, 0) is 61.7 Å². The van der Waals surface area contributed by atoms with Crippen LogP contribution in [0.2, 0.25) is 0 Å². The van der Waals surface area contributed by atoms with E-state index < -0.39 is 0 Å². The minimum absolute atomic E-state index is 0.00177. The minimum Gasteiger partial charge on any atom is -0.444 e. The van der Waals surface area contributed by atoms with Gasteiger partial charge in [0.1, 0.15) is 11.1 Å². The van der Waals surface area contributed by atoms with Crippen LogP contribution in [0.15, 0.2) is 36.4 Å². The Morgan fingerprint density at radius 3 is 2.52 bits per heavy atom. The number of hydrogen-bond donors (Lipinski definition) is 1. The highest BCUT2D eigenvalue weighted by molar-refractivity contribution is 7.19. The molecule has 2 aromatic rings. The summed E-state index contributed by atoms with van der Waals surface area (Å²) in [6.07, 6.45) is 2.24.